The molecule has 1 unspecified atom stereocenters. The normalized spacial score (nSPS) is 19.5. The van der Waals surface area contributed by atoms with Crippen molar-refractivity contribution in [2.75, 3.05) is 19.6 Å². The van der Waals surface area contributed by atoms with Gasteiger partial charge in [0.05, 0.1) is 6.54 Å². The molecule has 1 aliphatic rings. The average Bonchev–Trinajstić information content (AvgIpc) is 2.41. The van der Waals surface area contributed by atoms with Gasteiger partial charge < -0.3 is 10.2 Å². The van der Waals surface area contributed by atoms with E-state index in [1.807, 2.05) is 4.90 Å². The van der Waals surface area contributed by atoms with E-state index in [2.05, 4.69) is 12.2 Å². The number of carbonyl (C=O) groups is 1. The lowest BCUT2D eigenvalue weighted by atomic mass is 10.0. The van der Waals surface area contributed by atoms with Gasteiger partial charge in [0.2, 0.25) is 5.91 Å². The van der Waals surface area contributed by atoms with Gasteiger partial charge in [0.15, 0.2) is 0 Å². The van der Waals surface area contributed by atoms with E-state index in [-0.39, 0.29) is 11.7 Å². The monoisotopic (exact) mass is 264 g/mol. The Bertz CT molecular complexity index is 419. The SMILES string of the molecule is CC1CCCN(C(=O)CNCc2ccc(F)cc2)C1. The first-order valence-electron chi connectivity index (χ1n) is 6.88. The molecule has 0 aliphatic carbocycles. The van der Waals surface area contributed by atoms with E-state index >= 15 is 0 Å². The fourth-order valence-electron chi connectivity index (χ4n) is 2.44. The van der Waals surface area contributed by atoms with Crippen molar-refractivity contribution in [3.8, 4) is 0 Å². The summed E-state index contributed by atoms with van der Waals surface area (Å²) in [5.41, 5.74) is 0.987. The first-order chi connectivity index (χ1) is 9.15. The molecule has 1 atom stereocenters. The Morgan fingerprint density at radius 3 is 2.84 bits per heavy atom. The summed E-state index contributed by atoms with van der Waals surface area (Å²) < 4.78 is 12.7. The van der Waals surface area contributed by atoms with Crippen LogP contribution in [0, 0.1) is 11.7 Å². The van der Waals surface area contributed by atoms with Gasteiger partial charge in [0.1, 0.15) is 5.82 Å². The molecule has 0 spiro atoms. The highest BCUT2D eigenvalue weighted by atomic mass is 19.1. The third-order valence-corrected chi connectivity index (χ3v) is 3.53. The summed E-state index contributed by atoms with van der Waals surface area (Å²) in [6.45, 7) is 4.88. The maximum Gasteiger partial charge on any atom is 0.236 e. The summed E-state index contributed by atoms with van der Waals surface area (Å²) in [7, 11) is 0. The third kappa shape index (κ3) is 4.31. The number of likely N-dealkylation sites (tertiary alicyclic amines) is 1. The summed E-state index contributed by atoms with van der Waals surface area (Å²) in [6.07, 6.45) is 2.32. The van der Waals surface area contributed by atoms with Gasteiger partial charge in [-0.1, -0.05) is 19.1 Å². The molecular formula is C15H21FN2O. The van der Waals surface area contributed by atoms with Crippen LogP contribution in [-0.2, 0) is 11.3 Å². The van der Waals surface area contributed by atoms with E-state index in [0.717, 1.165) is 25.1 Å². The molecule has 0 bridgehead atoms. The summed E-state index contributed by atoms with van der Waals surface area (Å²) in [4.78, 5) is 13.9. The first kappa shape index (κ1) is 14.0. The predicted molar refractivity (Wildman–Crippen MR) is 73.1 cm³/mol. The zero-order chi connectivity index (χ0) is 13.7. The second-order valence-corrected chi connectivity index (χ2v) is 5.32. The maximum atomic E-state index is 12.7. The van der Waals surface area contributed by atoms with Crippen molar-refractivity contribution in [2.45, 2.75) is 26.3 Å². The van der Waals surface area contributed by atoms with Crippen LogP contribution in [-0.4, -0.2) is 30.4 Å². The van der Waals surface area contributed by atoms with Crippen LogP contribution in [0.4, 0.5) is 4.39 Å². The molecule has 3 nitrogen and oxygen atoms in total. The summed E-state index contributed by atoms with van der Waals surface area (Å²) in [5, 5.41) is 3.12. The molecule has 1 amide bonds. The van der Waals surface area contributed by atoms with Crippen LogP contribution >= 0.6 is 0 Å². The Labute approximate surface area is 113 Å². The number of rotatable bonds is 4. The molecule has 4 heteroatoms. The summed E-state index contributed by atoms with van der Waals surface area (Å²) in [5.74, 6) is 0.533. The van der Waals surface area contributed by atoms with Gasteiger partial charge in [-0.2, -0.15) is 0 Å². The molecule has 1 saturated heterocycles. The van der Waals surface area contributed by atoms with Crippen LogP contribution in [0.15, 0.2) is 24.3 Å². The number of amides is 1. The second-order valence-electron chi connectivity index (χ2n) is 5.32. The minimum absolute atomic E-state index is 0.161. The zero-order valence-electron chi connectivity index (χ0n) is 11.4. The van der Waals surface area contributed by atoms with Crippen molar-refractivity contribution in [3.05, 3.63) is 35.6 Å². The van der Waals surface area contributed by atoms with Gasteiger partial charge in [0.25, 0.3) is 0 Å². The topological polar surface area (TPSA) is 32.3 Å². The molecule has 1 fully saturated rings. The van der Waals surface area contributed by atoms with Crippen LogP contribution in [0.5, 0.6) is 0 Å². The minimum Gasteiger partial charge on any atom is -0.341 e. The average molecular weight is 264 g/mol. The lowest BCUT2D eigenvalue weighted by molar-refractivity contribution is -0.131. The molecule has 0 saturated carbocycles. The van der Waals surface area contributed by atoms with Crippen LogP contribution in [0.1, 0.15) is 25.3 Å². The number of hydrogen-bond donors (Lipinski definition) is 1. The number of nitrogens with one attached hydrogen (secondary N) is 1. The molecule has 1 N–H and O–H groups in total. The van der Waals surface area contributed by atoms with Crippen molar-refractivity contribution in [1.29, 1.82) is 0 Å². The Balaban J connectivity index is 1.73. The smallest absolute Gasteiger partial charge is 0.236 e. The van der Waals surface area contributed by atoms with E-state index in [1.54, 1.807) is 12.1 Å². The van der Waals surface area contributed by atoms with E-state index in [1.165, 1.54) is 18.6 Å². The largest absolute Gasteiger partial charge is 0.341 e. The first-order valence-corrected chi connectivity index (χ1v) is 6.88. The molecule has 19 heavy (non-hydrogen) atoms. The van der Waals surface area contributed by atoms with Gasteiger partial charge in [-0.05, 0) is 36.5 Å². The number of carbonyl (C=O) groups excluding carboxylic acids is 1. The highest BCUT2D eigenvalue weighted by Crippen LogP contribution is 2.15. The fraction of sp³-hybridized carbons (Fsp3) is 0.533. The lowest BCUT2D eigenvalue weighted by Crippen LogP contribution is -2.43. The van der Waals surface area contributed by atoms with Crippen molar-refractivity contribution in [3.63, 3.8) is 0 Å². The number of halogens is 1. The van der Waals surface area contributed by atoms with E-state index in [4.69, 9.17) is 0 Å². The van der Waals surface area contributed by atoms with Crippen molar-refractivity contribution < 1.29 is 9.18 Å². The highest BCUT2D eigenvalue weighted by Gasteiger charge is 2.20. The van der Waals surface area contributed by atoms with Gasteiger partial charge in [-0.3, -0.25) is 4.79 Å². The fourth-order valence-corrected chi connectivity index (χ4v) is 2.44. The van der Waals surface area contributed by atoms with Gasteiger partial charge in [-0.15, -0.1) is 0 Å². The Kier molecular flexibility index (Phi) is 4.91. The minimum atomic E-state index is -0.234. The van der Waals surface area contributed by atoms with Crippen LogP contribution in [0.2, 0.25) is 0 Å². The Morgan fingerprint density at radius 1 is 1.42 bits per heavy atom. The predicted octanol–water partition coefficient (Wildman–Crippen LogP) is 2.17. The standard InChI is InChI=1S/C15H21FN2O/c1-12-3-2-8-18(11-12)15(19)10-17-9-13-4-6-14(16)7-5-13/h4-7,12,17H,2-3,8-11H2,1H3. The molecule has 1 aromatic rings. The molecule has 104 valence electrons. The molecule has 1 aromatic carbocycles. The lowest BCUT2D eigenvalue weighted by Gasteiger charge is -2.31. The molecule has 0 aromatic heterocycles. The van der Waals surface area contributed by atoms with E-state index < -0.39 is 0 Å². The van der Waals surface area contributed by atoms with Crippen molar-refractivity contribution >= 4 is 5.91 Å². The molecule has 0 radical (unpaired) electrons. The Hall–Kier alpha value is -1.42. The van der Waals surface area contributed by atoms with Crippen LogP contribution < -0.4 is 5.32 Å². The van der Waals surface area contributed by atoms with Crippen molar-refractivity contribution in [1.82, 2.24) is 10.2 Å². The number of nitrogens with zero attached hydrogens (tertiary/aromatic N) is 1. The molecular weight excluding hydrogens is 243 g/mol. The number of hydrogen-bond acceptors (Lipinski definition) is 2. The Morgan fingerprint density at radius 2 is 2.16 bits per heavy atom. The molecule has 2 rings (SSSR count). The van der Waals surface area contributed by atoms with Gasteiger partial charge >= 0.3 is 0 Å². The molecule has 1 aliphatic heterocycles. The highest BCUT2D eigenvalue weighted by molar-refractivity contribution is 5.78. The van der Waals surface area contributed by atoms with Crippen LogP contribution in [0.25, 0.3) is 0 Å². The second kappa shape index (κ2) is 6.66. The quantitative estimate of drug-likeness (QED) is 0.904. The van der Waals surface area contributed by atoms with Crippen molar-refractivity contribution in [2.24, 2.45) is 5.92 Å². The zero-order valence-corrected chi connectivity index (χ0v) is 11.4. The van der Waals surface area contributed by atoms with E-state index in [0.29, 0.717) is 19.0 Å². The van der Waals surface area contributed by atoms with Gasteiger partial charge in [0, 0.05) is 19.6 Å². The van der Waals surface area contributed by atoms with Crippen LogP contribution in [0.3, 0.4) is 0 Å². The summed E-state index contributed by atoms with van der Waals surface area (Å²) >= 11 is 0. The van der Waals surface area contributed by atoms with E-state index in [9.17, 15) is 9.18 Å². The third-order valence-electron chi connectivity index (χ3n) is 3.53. The number of benzene rings is 1. The molecule has 1 heterocycles. The summed E-state index contributed by atoms with van der Waals surface area (Å²) in [6, 6.07) is 6.34. The van der Waals surface area contributed by atoms with Gasteiger partial charge in [-0.25, -0.2) is 4.39 Å². The maximum absolute atomic E-state index is 12.7. The number of piperidine rings is 1.